The third-order valence-electron chi connectivity index (χ3n) is 5.50. The van der Waals surface area contributed by atoms with Gasteiger partial charge in [-0.05, 0) is 57.9 Å². The second-order valence-electron chi connectivity index (χ2n) is 9.60. The molecule has 1 N–H and O–H groups in total. The summed E-state index contributed by atoms with van der Waals surface area (Å²) in [5.74, 6) is 2.03. The molecule has 4 heterocycles. The topological polar surface area (TPSA) is 106 Å². The van der Waals surface area contributed by atoms with E-state index in [1.165, 1.54) is 11.5 Å². The molecule has 1 aliphatic heterocycles. The summed E-state index contributed by atoms with van der Waals surface area (Å²) in [5, 5.41) is 3.85. The third-order valence-corrected chi connectivity index (χ3v) is 6.13. The number of piperazine rings is 1. The van der Waals surface area contributed by atoms with E-state index >= 15 is 0 Å². The molecule has 0 bridgehead atoms. The number of pyridine rings is 2. The van der Waals surface area contributed by atoms with Crippen molar-refractivity contribution >= 4 is 34.3 Å². The summed E-state index contributed by atoms with van der Waals surface area (Å²) in [7, 11) is 0. The summed E-state index contributed by atoms with van der Waals surface area (Å²) in [5.41, 5.74) is 1.22. The molecule has 1 amide bonds. The molecule has 0 radical (unpaired) electrons. The standard InChI is InChI=1S/C24H29N7O3S/c1-24(2,3)34-23(32)31-12-10-30(11-13-31)16-4-9-20(26-14-16)27-22-28-21(29-35-22)19-8-7-18(15-25-19)33-17-5-6-17/h4,7-9,14-15,17H,5-6,10-13H2,1-3H3,(H,26,27,28,29). The van der Waals surface area contributed by atoms with Gasteiger partial charge in [-0.3, -0.25) is 0 Å². The monoisotopic (exact) mass is 495 g/mol. The number of hydrogen-bond acceptors (Lipinski definition) is 10. The first-order valence-electron chi connectivity index (χ1n) is 11.8. The van der Waals surface area contributed by atoms with E-state index in [1.54, 1.807) is 11.1 Å². The molecule has 0 unspecified atom stereocenters. The normalized spacial score (nSPS) is 16.2. The van der Waals surface area contributed by atoms with Crippen LogP contribution in [0, 0.1) is 0 Å². The number of amides is 1. The first-order chi connectivity index (χ1) is 16.8. The van der Waals surface area contributed by atoms with Crippen molar-refractivity contribution < 1.29 is 14.3 Å². The number of carbonyl (C=O) groups is 1. The second kappa shape index (κ2) is 9.65. The van der Waals surface area contributed by atoms with Gasteiger partial charge in [0.2, 0.25) is 5.13 Å². The van der Waals surface area contributed by atoms with E-state index in [0.717, 1.165) is 37.4 Å². The van der Waals surface area contributed by atoms with Crippen molar-refractivity contribution in [1.82, 2.24) is 24.2 Å². The van der Waals surface area contributed by atoms with Crippen molar-refractivity contribution in [2.45, 2.75) is 45.3 Å². The molecule has 3 aromatic rings. The summed E-state index contributed by atoms with van der Waals surface area (Å²) in [6.07, 6.45) is 5.86. The quantitative estimate of drug-likeness (QED) is 0.534. The van der Waals surface area contributed by atoms with Crippen LogP contribution in [0.1, 0.15) is 33.6 Å². The number of nitrogens with one attached hydrogen (secondary N) is 1. The van der Waals surface area contributed by atoms with Gasteiger partial charge in [-0.25, -0.2) is 14.8 Å². The Morgan fingerprint density at radius 2 is 1.86 bits per heavy atom. The smallest absolute Gasteiger partial charge is 0.410 e. The SMILES string of the molecule is CC(C)(C)OC(=O)N1CCN(c2ccc(Nc3nc(-c4ccc(OC5CC5)cn4)ns3)nc2)CC1. The van der Waals surface area contributed by atoms with Crippen molar-refractivity contribution in [3.05, 3.63) is 36.7 Å². The average Bonchev–Trinajstić information content (AvgIpc) is 3.53. The largest absolute Gasteiger partial charge is 0.489 e. The minimum absolute atomic E-state index is 0.260. The zero-order valence-electron chi connectivity index (χ0n) is 20.1. The van der Waals surface area contributed by atoms with E-state index in [4.69, 9.17) is 9.47 Å². The Hall–Kier alpha value is -3.47. The maximum atomic E-state index is 12.3. The van der Waals surface area contributed by atoms with Crippen molar-refractivity contribution in [3.8, 4) is 17.3 Å². The minimum Gasteiger partial charge on any atom is -0.489 e. The Bertz CT molecular complexity index is 1150. The molecule has 5 rings (SSSR count). The fourth-order valence-corrected chi connectivity index (χ4v) is 4.15. The highest BCUT2D eigenvalue weighted by Crippen LogP contribution is 2.28. The number of rotatable bonds is 6. The highest BCUT2D eigenvalue weighted by molar-refractivity contribution is 7.09. The molecule has 0 atom stereocenters. The van der Waals surface area contributed by atoms with Gasteiger partial charge in [0.15, 0.2) is 5.82 Å². The number of carbonyl (C=O) groups excluding carboxylic acids is 1. The van der Waals surface area contributed by atoms with Gasteiger partial charge in [-0.1, -0.05) is 0 Å². The first-order valence-corrected chi connectivity index (χ1v) is 12.5. The van der Waals surface area contributed by atoms with Crippen LogP contribution in [0.5, 0.6) is 5.75 Å². The number of hydrogen-bond donors (Lipinski definition) is 1. The molecule has 184 valence electrons. The second-order valence-corrected chi connectivity index (χ2v) is 10.4. The van der Waals surface area contributed by atoms with Crippen molar-refractivity contribution in [1.29, 1.82) is 0 Å². The Labute approximate surface area is 208 Å². The van der Waals surface area contributed by atoms with Crippen molar-refractivity contribution in [2.24, 2.45) is 0 Å². The van der Waals surface area contributed by atoms with Gasteiger partial charge in [0.25, 0.3) is 0 Å². The van der Waals surface area contributed by atoms with Crippen molar-refractivity contribution in [3.63, 3.8) is 0 Å². The lowest BCUT2D eigenvalue weighted by atomic mass is 10.2. The Kier molecular flexibility index (Phi) is 6.42. The van der Waals surface area contributed by atoms with E-state index in [1.807, 2.05) is 51.2 Å². The summed E-state index contributed by atoms with van der Waals surface area (Å²) < 4.78 is 15.6. The molecule has 2 aliphatic rings. The maximum Gasteiger partial charge on any atom is 0.410 e. The molecule has 0 aromatic carbocycles. The number of nitrogens with zero attached hydrogens (tertiary/aromatic N) is 6. The zero-order chi connectivity index (χ0) is 24.4. The van der Waals surface area contributed by atoms with Gasteiger partial charge < -0.3 is 24.6 Å². The number of anilines is 3. The van der Waals surface area contributed by atoms with Crippen LogP contribution in [0.3, 0.4) is 0 Å². The van der Waals surface area contributed by atoms with E-state index in [2.05, 4.69) is 29.5 Å². The van der Waals surface area contributed by atoms with Crippen LogP contribution in [0.25, 0.3) is 11.5 Å². The van der Waals surface area contributed by atoms with E-state index in [-0.39, 0.29) is 6.09 Å². The van der Waals surface area contributed by atoms with Crippen LogP contribution in [-0.4, -0.2) is 68.2 Å². The fraction of sp³-hybridized carbons (Fsp3) is 0.458. The van der Waals surface area contributed by atoms with Crippen molar-refractivity contribution in [2.75, 3.05) is 36.4 Å². The molecule has 2 fully saturated rings. The van der Waals surface area contributed by atoms with E-state index < -0.39 is 5.60 Å². The van der Waals surface area contributed by atoms with Gasteiger partial charge in [-0.15, -0.1) is 0 Å². The molecule has 11 heteroatoms. The lowest BCUT2D eigenvalue weighted by molar-refractivity contribution is 0.0240. The van der Waals surface area contributed by atoms with Crippen LogP contribution in [0.2, 0.25) is 0 Å². The molecule has 35 heavy (non-hydrogen) atoms. The molecule has 10 nitrogen and oxygen atoms in total. The van der Waals surface area contributed by atoms with Crippen LogP contribution in [0.4, 0.5) is 21.4 Å². The number of ether oxygens (including phenoxy) is 2. The average molecular weight is 496 g/mol. The maximum absolute atomic E-state index is 12.3. The predicted molar refractivity (Wildman–Crippen MR) is 134 cm³/mol. The molecule has 3 aromatic heterocycles. The van der Waals surface area contributed by atoms with E-state index in [0.29, 0.717) is 41.7 Å². The molecular weight excluding hydrogens is 466 g/mol. The molecular formula is C24H29N7O3S. The number of aromatic nitrogens is 4. The summed E-state index contributed by atoms with van der Waals surface area (Å²) in [6, 6.07) is 7.71. The van der Waals surface area contributed by atoms with E-state index in [9.17, 15) is 4.79 Å². The van der Waals surface area contributed by atoms with Gasteiger partial charge in [0.05, 0.1) is 24.2 Å². The Morgan fingerprint density at radius 3 is 2.49 bits per heavy atom. The Morgan fingerprint density at radius 1 is 1.06 bits per heavy atom. The van der Waals surface area contributed by atoms with Crippen LogP contribution in [-0.2, 0) is 4.74 Å². The van der Waals surface area contributed by atoms with Crippen LogP contribution in [0.15, 0.2) is 36.7 Å². The van der Waals surface area contributed by atoms with Crippen LogP contribution >= 0.6 is 11.5 Å². The minimum atomic E-state index is -0.486. The van der Waals surface area contributed by atoms with Gasteiger partial charge in [0.1, 0.15) is 22.9 Å². The van der Waals surface area contributed by atoms with Gasteiger partial charge >= 0.3 is 6.09 Å². The fourth-order valence-electron chi connectivity index (χ4n) is 3.57. The first kappa shape index (κ1) is 23.3. The lowest BCUT2D eigenvalue weighted by Gasteiger charge is -2.36. The molecule has 1 saturated carbocycles. The van der Waals surface area contributed by atoms with Gasteiger partial charge in [-0.2, -0.15) is 9.36 Å². The zero-order valence-corrected chi connectivity index (χ0v) is 20.9. The molecule has 1 saturated heterocycles. The third kappa shape index (κ3) is 6.16. The molecule has 1 aliphatic carbocycles. The summed E-state index contributed by atoms with van der Waals surface area (Å²) >= 11 is 1.26. The summed E-state index contributed by atoms with van der Waals surface area (Å²) in [6.45, 7) is 8.32. The molecule has 0 spiro atoms. The Balaban J connectivity index is 1.14. The summed E-state index contributed by atoms with van der Waals surface area (Å²) in [4.78, 5) is 29.7. The van der Waals surface area contributed by atoms with Crippen LogP contribution < -0.4 is 15.0 Å². The van der Waals surface area contributed by atoms with Gasteiger partial charge in [0, 0.05) is 37.7 Å². The highest BCUT2D eigenvalue weighted by atomic mass is 32.1. The predicted octanol–water partition coefficient (Wildman–Crippen LogP) is 4.34. The lowest BCUT2D eigenvalue weighted by Crippen LogP contribution is -2.50. The highest BCUT2D eigenvalue weighted by Gasteiger charge is 2.26.